The second-order valence-electron chi connectivity index (χ2n) is 6.22. The van der Waals surface area contributed by atoms with Gasteiger partial charge in [0.2, 0.25) is 0 Å². The summed E-state index contributed by atoms with van der Waals surface area (Å²) in [7, 11) is 0. The summed E-state index contributed by atoms with van der Waals surface area (Å²) in [6, 6.07) is 1.52. The summed E-state index contributed by atoms with van der Waals surface area (Å²) in [5.74, 6) is 0.925. The molecule has 0 saturated carbocycles. The Hall–Kier alpha value is -0.0800. The number of hydrogen-bond donors (Lipinski definition) is 2. The topological polar surface area (TPSA) is 24.1 Å². The molecule has 2 fully saturated rings. The molecule has 0 aromatic rings. The molecule has 3 unspecified atom stereocenters. The highest BCUT2D eigenvalue weighted by Crippen LogP contribution is 2.31. The van der Waals surface area contributed by atoms with Gasteiger partial charge in [-0.15, -0.1) is 0 Å². The molecule has 2 bridgehead atoms. The summed E-state index contributed by atoms with van der Waals surface area (Å²) in [5, 5.41) is 7.23. The van der Waals surface area contributed by atoms with Crippen LogP contribution in [0, 0.1) is 11.3 Å². The molecular formula is C12H24N2. The molecule has 2 rings (SSSR count). The molecule has 2 saturated heterocycles. The maximum absolute atomic E-state index is 3.71. The SMILES string of the molecule is CC(C)(C)CCC1CC2CNCC1N2. The van der Waals surface area contributed by atoms with Crippen molar-refractivity contribution in [2.75, 3.05) is 13.1 Å². The van der Waals surface area contributed by atoms with Gasteiger partial charge in [0.05, 0.1) is 0 Å². The van der Waals surface area contributed by atoms with Gasteiger partial charge in [-0.05, 0) is 30.6 Å². The zero-order valence-electron chi connectivity index (χ0n) is 9.77. The molecule has 2 heteroatoms. The lowest BCUT2D eigenvalue weighted by Gasteiger charge is -2.25. The number of hydrogen-bond acceptors (Lipinski definition) is 2. The lowest BCUT2D eigenvalue weighted by atomic mass is 9.84. The number of piperazine rings is 1. The highest BCUT2D eigenvalue weighted by Gasteiger charge is 2.36. The fourth-order valence-corrected chi connectivity index (χ4v) is 2.75. The molecule has 3 atom stereocenters. The summed E-state index contributed by atoms with van der Waals surface area (Å²) < 4.78 is 0. The minimum atomic E-state index is 0.504. The molecule has 0 aromatic heterocycles. The molecular weight excluding hydrogens is 172 g/mol. The van der Waals surface area contributed by atoms with E-state index in [1.807, 2.05) is 0 Å². The molecule has 82 valence electrons. The third-order valence-electron chi connectivity index (χ3n) is 3.63. The number of fused-ring (bicyclic) bond motifs is 2. The van der Waals surface area contributed by atoms with Gasteiger partial charge >= 0.3 is 0 Å². The van der Waals surface area contributed by atoms with Crippen LogP contribution in [0.3, 0.4) is 0 Å². The lowest BCUT2D eigenvalue weighted by Crippen LogP contribution is -2.49. The van der Waals surface area contributed by atoms with Crippen molar-refractivity contribution in [2.45, 2.75) is 52.1 Å². The Bertz CT molecular complexity index is 195. The first-order valence-corrected chi connectivity index (χ1v) is 6.01. The summed E-state index contributed by atoms with van der Waals surface area (Å²) in [6.45, 7) is 9.41. The van der Waals surface area contributed by atoms with Gasteiger partial charge < -0.3 is 10.6 Å². The van der Waals surface area contributed by atoms with E-state index in [0.29, 0.717) is 5.41 Å². The second kappa shape index (κ2) is 3.82. The smallest absolute Gasteiger partial charge is 0.0224 e. The Balaban J connectivity index is 1.82. The molecule has 14 heavy (non-hydrogen) atoms. The molecule has 2 heterocycles. The third-order valence-corrected chi connectivity index (χ3v) is 3.63. The average molecular weight is 196 g/mol. The minimum Gasteiger partial charge on any atom is -0.314 e. The van der Waals surface area contributed by atoms with Crippen molar-refractivity contribution in [3.63, 3.8) is 0 Å². The van der Waals surface area contributed by atoms with Gasteiger partial charge in [0.1, 0.15) is 0 Å². The van der Waals surface area contributed by atoms with Gasteiger partial charge in [-0.25, -0.2) is 0 Å². The van der Waals surface area contributed by atoms with E-state index in [0.717, 1.165) is 18.0 Å². The summed E-state index contributed by atoms with van der Waals surface area (Å²) in [4.78, 5) is 0. The Kier molecular flexibility index (Phi) is 2.85. The summed E-state index contributed by atoms with van der Waals surface area (Å²) in [6.07, 6.45) is 4.16. The Morgan fingerprint density at radius 3 is 2.64 bits per heavy atom. The fraction of sp³-hybridized carbons (Fsp3) is 1.00. The predicted octanol–water partition coefficient (Wildman–Crippen LogP) is 1.76. The van der Waals surface area contributed by atoms with Gasteiger partial charge in [-0.2, -0.15) is 0 Å². The van der Waals surface area contributed by atoms with E-state index >= 15 is 0 Å². The van der Waals surface area contributed by atoms with E-state index < -0.39 is 0 Å². The van der Waals surface area contributed by atoms with Crippen molar-refractivity contribution >= 4 is 0 Å². The molecule has 0 aromatic carbocycles. The first kappa shape index (κ1) is 10.4. The molecule has 0 spiro atoms. The normalized spacial score (nSPS) is 37.5. The van der Waals surface area contributed by atoms with Crippen molar-refractivity contribution in [3.8, 4) is 0 Å². The van der Waals surface area contributed by atoms with E-state index in [1.165, 1.54) is 32.4 Å². The maximum Gasteiger partial charge on any atom is 0.0224 e. The summed E-state index contributed by atoms with van der Waals surface area (Å²) in [5.41, 5.74) is 0.504. The van der Waals surface area contributed by atoms with Gasteiger partial charge in [0.25, 0.3) is 0 Å². The zero-order chi connectivity index (χ0) is 10.2. The van der Waals surface area contributed by atoms with Gasteiger partial charge in [0.15, 0.2) is 0 Å². The van der Waals surface area contributed by atoms with Gasteiger partial charge in [-0.1, -0.05) is 20.8 Å². The van der Waals surface area contributed by atoms with Gasteiger partial charge in [0, 0.05) is 25.2 Å². The van der Waals surface area contributed by atoms with Crippen LogP contribution in [-0.2, 0) is 0 Å². The zero-order valence-corrected chi connectivity index (χ0v) is 9.77. The quantitative estimate of drug-likeness (QED) is 0.703. The average Bonchev–Trinajstić information content (AvgIpc) is 2.37. The molecule has 0 radical (unpaired) electrons. The molecule has 2 aliphatic rings. The van der Waals surface area contributed by atoms with Crippen LogP contribution in [-0.4, -0.2) is 25.2 Å². The number of rotatable bonds is 2. The van der Waals surface area contributed by atoms with Crippen LogP contribution in [0.15, 0.2) is 0 Å². The van der Waals surface area contributed by atoms with Crippen molar-refractivity contribution in [1.29, 1.82) is 0 Å². The predicted molar refractivity (Wildman–Crippen MR) is 60.4 cm³/mol. The van der Waals surface area contributed by atoms with Crippen molar-refractivity contribution < 1.29 is 0 Å². The third kappa shape index (κ3) is 2.48. The Labute approximate surface area is 87.8 Å². The van der Waals surface area contributed by atoms with E-state index in [4.69, 9.17) is 0 Å². The Morgan fingerprint density at radius 2 is 2.00 bits per heavy atom. The van der Waals surface area contributed by atoms with Crippen molar-refractivity contribution in [1.82, 2.24) is 10.6 Å². The largest absolute Gasteiger partial charge is 0.314 e. The van der Waals surface area contributed by atoms with Gasteiger partial charge in [-0.3, -0.25) is 0 Å². The highest BCUT2D eigenvalue weighted by atomic mass is 15.1. The number of nitrogens with one attached hydrogen (secondary N) is 2. The molecule has 2 N–H and O–H groups in total. The van der Waals surface area contributed by atoms with Crippen molar-refractivity contribution in [3.05, 3.63) is 0 Å². The fourth-order valence-electron chi connectivity index (χ4n) is 2.75. The van der Waals surface area contributed by atoms with Crippen LogP contribution < -0.4 is 10.6 Å². The van der Waals surface area contributed by atoms with Crippen LogP contribution in [0.5, 0.6) is 0 Å². The summed E-state index contributed by atoms with van der Waals surface area (Å²) >= 11 is 0. The standard InChI is InChI=1S/C12H24N2/c1-12(2,3)5-4-9-6-10-7-13-8-11(9)14-10/h9-11,13-14H,4-8H2,1-3H3. The first-order valence-electron chi connectivity index (χ1n) is 6.01. The molecule has 2 aliphatic heterocycles. The van der Waals surface area contributed by atoms with E-state index in [1.54, 1.807) is 0 Å². The van der Waals surface area contributed by atoms with E-state index in [-0.39, 0.29) is 0 Å². The van der Waals surface area contributed by atoms with E-state index in [2.05, 4.69) is 31.4 Å². The van der Waals surface area contributed by atoms with Crippen LogP contribution in [0.4, 0.5) is 0 Å². The molecule has 2 nitrogen and oxygen atoms in total. The van der Waals surface area contributed by atoms with Crippen LogP contribution >= 0.6 is 0 Å². The van der Waals surface area contributed by atoms with Crippen LogP contribution in [0.25, 0.3) is 0 Å². The Morgan fingerprint density at radius 1 is 1.21 bits per heavy atom. The van der Waals surface area contributed by atoms with Crippen LogP contribution in [0.1, 0.15) is 40.0 Å². The second-order valence-corrected chi connectivity index (χ2v) is 6.22. The van der Waals surface area contributed by atoms with E-state index in [9.17, 15) is 0 Å². The highest BCUT2D eigenvalue weighted by molar-refractivity contribution is 4.96. The van der Waals surface area contributed by atoms with Crippen LogP contribution in [0.2, 0.25) is 0 Å². The van der Waals surface area contributed by atoms with Crippen molar-refractivity contribution in [2.24, 2.45) is 11.3 Å². The molecule has 0 amide bonds. The minimum absolute atomic E-state index is 0.504. The molecule has 0 aliphatic carbocycles. The lowest BCUT2D eigenvalue weighted by molar-refractivity contribution is 0.303. The maximum atomic E-state index is 3.71. The first-order chi connectivity index (χ1) is 6.54. The monoisotopic (exact) mass is 196 g/mol.